The molecule has 3 heterocycles. The van der Waals surface area contributed by atoms with Crippen LogP contribution in [0.4, 0.5) is 5.82 Å². The summed E-state index contributed by atoms with van der Waals surface area (Å²) >= 11 is 6.06. The van der Waals surface area contributed by atoms with Crippen LogP contribution in [0.3, 0.4) is 0 Å². The number of fused-ring (bicyclic) bond motifs is 1. The molecular weight excluding hydrogens is 476 g/mol. The van der Waals surface area contributed by atoms with Gasteiger partial charge in [0.05, 0.1) is 0 Å². The summed E-state index contributed by atoms with van der Waals surface area (Å²) in [7, 11) is 0. The monoisotopic (exact) mass is 494 g/mol. The predicted molar refractivity (Wildman–Crippen MR) is 137 cm³/mol. The molecule has 0 spiro atoms. The molecule has 9 heteroatoms. The second-order valence-electron chi connectivity index (χ2n) is 8.00. The van der Waals surface area contributed by atoms with Crippen molar-refractivity contribution in [3.63, 3.8) is 0 Å². The van der Waals surface area contributed by atoms with Gasteiger partial charge in [0.1, 0.15) is 0 Å². The van der Waals surface area contributed by atoms with Gasteiger partial charge in [-0.25, -0.2) is 9.97 Å². The Bertz CT molecular complexity index is 1620. The van der Waals surface area contributed by atoms with E-state index in [2.05, 4.69) is 25.4 Å². The minimum Gasteiger partial charge on any atom is -0.430 e. The molecule has 0 aliphatic heterocycles. The molecule has 0 saturated heterocycles. The van der Waals surface area contributed by atoms with Gasteiger partial charge < -0.3 is 14.3 Å². The van der Waals surface area contributed by atoms with Gasteiger partial charge in [-0.3, -0.25) is 0 Å². The van der Waals surface area contributed by atoms with Crippen LogP contribution in [0.1, 0.15) is 5.89 Å². The maximum Gasteiger partial charge on any atom is 0.229 e. The normalized spacial score (nSPS) is 11.1. The Labute approximate surface area is 211 Å². The summed E-state index contributed by atoms with van der Waals surface area (Å²) in [6.45, 7) is 0.490. The van der Waals surface area contributed by atoms with Gasteiger partial charge in [0, 0.05) is 34.7 Å². The van der Waals surface area contributed by atoms with Gasteiger partial charge in [0.15, 0.2) is 11.6 Å². The number of rotatable bonds is 7. The Morgan fingerprint density at radius 1 is 0.694 bits per heavy atom. The van der Waals surface area contributed by atoms with Crippen LogP contribution in [0.2, 0.25) is 5.02 Å². The Morgan fingerprint density at radius 3 is 2.14 bits per heavy atom. The van der Waals surface area contributed by atoms with Gasteiger partial charge in [-0.2, -0.15) is 9.97 Å². The molecule has 0 bridgehead atoms. The molecule has 36 heavy (non-hydrogen) atoms. The highest BCUT2D eigenvalue weighted by Crippen LogP contribution is 2.30. The molecule has 0 saturated carbocycles. The van der Waals surface area contributed by atoms with E-state index < -0.39 is 0 Å². The van der Waals surface area contributed by atoms with Gasteiger partial charge in [0.25, 0.3) is 0 Å². The smallest absolute Gasteiger partial charge is 0.229 e. The summed E-state index contributed by atoms with van der Waals surface area (Å²) < 4.78 is 11.5. The first-order valence-electron chi connectivity index (χ1n) is 11.3. The molecule has 0 amide bonds. The lowest BCUT2D eigenvalue weighted by Gasteiger charge is -2.07. The summed E-state index contributed by atoms with van der Waals surface area (Å²) in [5.41, 5.74) is 3.51. The Hall–Kier alpha value is -4.56. The quantitative estimate of drug-likeness (QED) is 0.275. The van der Waals surface area contributed by atoms with E-state index in [1.807, 2.05) is 72.8 Å². The minimum absolute atomic E-state index is 0.459. The topological polar surface area (TPSA) is 103 Å². The lowest BCUT2D eigenvalue weighted by Crippen LogP contribution is -2.08. The van der Waals surface area contributed by atoms with E-state index in [1.165, 1.54) is 0 Å². The maximum absolute atomic E-state index is 6.09. The van der Waals surface area contributed by atoms with Crippen LogP contribution in [-0.2, 0) is 6.42 Å². The third-order valence-electron chi connectivity index (χ3n) is 5.51. The first-order chi connectivity index (χ1) is 17.7. The van der Waals surface area contributed by atoms with Gasteiger partial charge in [-0.1, -0.05) is 65.3 Å². The van der Waals surface area contributed by atoms with Crippen molar-refractivity contribution in [2.45, 2.75) is 6.42 Å². The van der Waals surface area contributed by atoms with Crippen LogP contribution >= 0.6 is 11.6 Å². The number of halogens is 1. The Kier molecular flexibility index (Phi) is 5.85. The number of aromatic nitrogens is 5. The number of anilines is 1. The highest BCUT2D eigenvalue weighted by molar-refractivity contribution is 6.30. The molecule has 0 atom stereocenters. The Morgan fingerprint density at radius 2 is 1.39 bits per heavy atom. The van der Waals surface area contributed by atoms with E-state index in [0.29, 0.717) is 58.5 Å². The van der Waals surface area contributed by atoms with Gasteiger partial charge in [0.2, 0.25) is 28.8 Å². The maximum atomic E-state index is 6.09. The van der Waals surface area contributed by atoms with Crippen molar-refractivity contribution in [3.05, 3.63) is 95.8 Å². The summed E-state index contributed by atoms with van der Waals surface area (Å²) in [6, 6.07) is 26.7. The molecule has 0 aliphatic rings. The Balaban J connectivity index is 1.29. The van der Waals surface area contributed by atoms with Crippen molar-refractivity contribution in [1.29, 1.82) is 0 Å². The zero-order chi connectivity index (χ0) is 24.3. The molecule has 1 N–H and O–H groups in total. The SMILES string of the molecule is Clc1ccc(-c2nc(NCCc3nc(-c4ccccc4)no3)c3oc(-c4ccccc4)nc3n2)cc1. The van der Waals surface area contributed by atoms with Crippen molar-refractivity contribution in [2.24, 2.45) is 0 Å². The predicted octanol–water partition coefficient (Wildman–Crippen LogP) is 6.31. The van der Waals surface area contributed by atoms with Crippen molar-refractivity contribution >= 4 is 28.6 Å². The van der Waals surface area contributed by atoms with Gasteiger partial charge in [-0.15, -0.1) is 0 Å². The van der Waals surface area contributed by atoms with Crippen LogP contribution < -0.4 is 5.32 Å². The molecule has 0 radical (unpaired) electrons. The van der Waals surface area contributed by atoms with E-state index in [9.17, 15) is 0 Å². The second kappa shape index (κ2) is 9.59. The third-order valence-corrected chi connectivity index (χ3v) is 5.76. The zero-order valence-electron chi connectivity index (χ0n) is 18.9. The van der Waals surface area contributed by atoms with E-state index in [-0.39, 0.29) is 0 Å². The fourth-order valence-corrected chi connectivity index (χ4v) is 3.85. The molecule has 8 nitrogen and oxygen atoms in total. The lowest BCUT2D eigenvalue weighted by atomic mass is 10.2. The average molecular weight is 495 g/mol. The summed E-state index contributed by atoms with van der Waals surface area (Å²) in [6.07, 6.45) is 0.501. The molecule has 3 aromatic heterocycles. The van der Waals surface area contributed by atoms with Gasteiger partial charge in [-0.05, 0) is 36.4 Å². The van der Waals surface area contributed by atoms with Crippen LogP contribution in [-0.4, -0.2) is 31.6 Å². The standard InChI is InChI=1S/C27H19ClN6O2/c28-20-13-11-18(12-14-20)23-31-25(22-26(32-23)33-27(35-22)19-9-5-2-6-10-19)29-16-15-21-30-24(34-36-21)17-7-3-1-4-8-17/h1-14H,15-16H2,(H,29,31,32). The van der Waals surface area contributed by atoms with Gasteiger partial charge >= 0.3 is 0 Å². The molecule has 0 aliphatic carbocycles. The third kappa shape index (κ3) is 4.54. The number of hydrogen-bond acceptors (Lipinski definition) is 8. The van der Waals surface area contributed by atoms with E-state index in [0.717, 1.165) is 16.7 Å². The number of benzene rings is 3. The van der Waals surface area contributed by atoms with Crippen molar-refractivity contribution in [3.8, 4) is 34.2 Å². The van der Waals surface area contributed by atoms with Crippen molar-refractivity contribution < 1.29 is 8.94 Å². The summed E-state index contributed by atoms with van der Waals surface area (Å²) in [5.74, 6) is 2.59. The highest BCUT2D eigenvalue weighted by atomic mass is 35.5. The number of oxazole rings is 1. The van der Waals surface area contributed by atoms with Crippen LogP contribution in [0.15, 0.2) is 93.9 Å². The molecule has 0 unspecified atom stereocenters. The van der Waals surface area contributed by atoms with E-state index >= 15 is 0 Å². The second-order valence-corrected chi connectivity index (χ2v) is 8.43. The largest absolute Gasteiger partial charge is 0.430 e. The van der Waals surface area contributed by atoms with E-state index in [4.69, 9.17) is 25.5 Å². The highest BCUT2D eigenvalue weighted by Gasteiger charge is 2.17. The average Bonchev–Trinajstić information content (AvgIpc) is 3.58. The molecule has 6 aromatic rings. The summed E-state index contributed by atoms with van der Waals surface area (Å²) in [4.78, 5) is 18.5. The fraction of sp³-hybridized carbons (Fsp3) is 0.0741. The fourth-order valence-electron chi connectivity index (χ4n) is 3.72. The number of nitrogens with zero attached hydrogens (tertiary/aromatic N) is 5. The molecule has 0 fully saturated rings. The van der Waals surface area contributed by atoms with Crippen LogP contribution in [0.5, 0.6) is 0 Å². The molecule has 176 valence electrons. The van der Waals surface area contributed by atoms with Crippen molar-refractivity contribution in [1.82, 2.24) is 25.1 Å². The first-order valence-corrected chi connectivity index (χ1v) is 11.7. The number of hydrogen-bond donors (Lipinski definition) is 1. The molecule has 6 rings (SSSR count). The van der Waals surface area contributed by atoms with E-state index in [1.54, 1.807) is 12.1 Å². The molecule has 3 aromatic carbocycles. The van der Waals surface area contributed by atoms with Crippen molar-refractivity contribution in [2.75, 3.05) is 11.9 Å². The van der Waals surface area contributed by atoms with Crippen LogP contribution in [0.25, 0.3) is 45.5 Å². The first kappa shape index (κ1) is 21.9. The minimum atomic E-state index is 0.459. The number of nitrogens with one attached hydrogen (secondary N) is 1. The van der Waals surface area contributed by atoms with Crippen LogP contribution in [0, 0.1) is 0 Å². The zero-order valence-corrected chi connectivity index (χ0v) is 19.7. The lowest BCUT2D eigenvalue weighted by molar-refractivity contribution is 0.381. The summed E-state index contributed by atoms with van der Waals surface area (Å²) in [5, 5.41) is 8.05. The molecular formula is C27H19ClN6O2.